The quantitative estimate of drug-likeness (QED) is 0.532. The van der Waals surface area contributed by atoms with Crippen LogP contribution in [0.5, 0.6) is 5.75 Å². The fraction of sp³-hybridized carbons (Fsp3) is 0.500. The fourth-order valence-corrected chi connectivity index (χ4v) is 4.46. The zero-order valence-corrected chi connectivity index (χ0v) is 20.3. The first-order valence-corrected chi connectivity index (χ1v) is 11.6. The number of benzene rings is 1. The second-order valence-electron chi connectivity index (χ2n) is 9.66. The Kier molecular flexibility index (Phi) is 7.61. The number of nitrogens with one attached hydrogen (secondary N) is 3. The Balaban J connectivity index is 1.73. The second kappa shape index (κ2) is 10.2. The van der Waals surface area contributed by atoms with Gasteiger partial charge in [-0.3, -0.25) is 14.4 Å². The summed E-state index contributed by atoms with van der Waals surface area (Å²) in [6, 6.07) is 6.84. The predicted molar refractivity (Wildman–Crippen MR) is 128 cm³/mol. The molecule has 1 atom stereocenters. The van der Waals surface area contributed by atoms with Crippen LogP contribution in [0.25, 0.3) is 0 Å². The highest BCUT2D eigenvalue weighted by atomic mass is 16.5. The van der Waals surface area contributed by atoms with Crippen LogP contribution < -0.4 is 15.4 Å². The van der Waals surface area contributed by atoms with Crippen LogP contribution in [0.15, 0.2) is 24.3 Å². The van der Waals surface area contributed by atoms with Gasteiger partial charge >= 0.3 is 0 Å². The Morgan fingerprint density at radius 3 is 2.70 bits per heavy atom. The van der Waals surface area contributed by atoms with E-state index in [0.717, 1.165) is 29.8 Å². The van der Waals surface area contributed by atoms with Crippen LogP contribution in [0.4, 0.5) is 0 Å². The molecule has 0 aliphatic heterocycles. The van der Waals surface area contributed by atoms with Gasteiger partial charge in [-0.2, -0.15) is 0 Å². The summed E-state index contributed by atoms with van der Waals surface area (Å²) in [6.45, 7) is 8.29. The van der Waals surface area contributed by atoms with Gasteiger partial charge in [0.25, 0.3) is 5.91 Å². The van der Waals surface area contributed by atoms with Crippen molar-refractivity contribution in [2.24, 2.45) is 5.41 Å². The molecule has 2 aromatic rings. The number of rotatable bonds is 9. The largest absolute Gasteiger partial charge is 0.497 e. The van der Waals surface area contributed by atoms with Crippen molar-refractivity contribution >= 4 is 17.6 Å². The lowest BCUT2D eigenvalue weighted by molar-refractivity contribution is -0.123. The summed E-state index contributed by atoms with van der Waals surface area (Å²) < 4.78 is 5.23. The molecule has 0 bridgehead atoms. The first-order valence-electron chi connectivity index (χ1n) is 11.6. The number of aromatic nitrogens is 1. The number of methoxy groups -OCH3 is 1. The first-order chi connectivity index (χ1) is 15.6. The number of ether oxygens (including phenoxy) is 1. The number of carbonyl (C=O) groups is 3. The van der Waals surface area contributed by atoms with Crippen molar-refractivity contribution in [2.75, 3.05) is 7.11 Å². The first kappa shape index (κ1) is 24.6. The number of H-pyrrole nitrogens is 1. The topological polar surface area (TPSA) is 100 Å². The van der Waals surface area contributed by atoms with Crippen molar-refractivity contribution in [3.8, 4) is 5.75 Å². The third-order valence-corrected chi connectivity index (χ3v) is 6.20. The van der Waals surface area contributed by atoms with Crippen molar-refractivity contribution in [1.82, 2.24) is 15.6 Å². The number of Topliss-reactive ketones (excluding diaryl/α,β-unsaturated/α-hetero) is 1. The number of unbranched alkanes of at least 4 members (excludes halogenated alkanes) is 1. The van der Waals surface area contributed by atoms with E-state index < -0.39 is 6.04 Å². The maximum atomic E-state index is 13.1. The van der Waals surface area contributed by atoms with E-state index in [-0.39, 0.29) is 23.0 Å². The monoisotopic (exact) mass is 453 g/mol. The molecule has 7 heteroatoms. The van der Waals surface area contributed by atoms with Gasteiger partial charge in [0.15, 0.2) is 5.78 Å². The van der Waals surface area contributed by atoms with E-state index in [9.17, 15) is 14.4 Å². The lowest BCUT2D eigenvalue weighted by Crippen LogP contribution is -2.46. The van der Waals surface area contributed by atoms with Crippen molar-refractivity contribution in [2.45, 2.75) is 72.4 Å². The molecule has 3 rings (SSSR count). The van der Waals surface area contributed by atoms with Gasteiger partial charge in [0, 0.05) is 24.2 Å². The maximum Gasteiger partial charge on any atom is 0.268 e. The number of ketones is 1. The summed E-state index contributed by atoms with van der Waals surface area (Å²) >= 11 is 0. The molecule has 1 aromatic carbocycles. The molecule has 0 radical (unpaired) electrons. The molecular formula is C26H35N3O4. The highest BCUT2D eigenvalue weighted by molar-refractivity contribution is 6.05. The van der Waals surface area contributed by atoms with Crippen LogP contribution in [0, 0.1) is 12.3 Å². The molecule has 33 heavy (non-hydrogen) atoms. The average Bonchev–Trinajstić information content (AvgIpc) is 3.10. The number of hydrogen-bond donors (Lipinski definition) is 3. The molecule has 0 fully saturated rings. The van der Waals surface area contributed by atoms with E-state index in [1.54, 1.807) is 14.0 Å². The molecule has 3 N–H and O–H groups in total. The minimum atomic E-state index is -0.657. The number of aromatic amines is 1. The lowest BCUT2D eigenvalue weighted by atomic mass is 9.75. The van der Waals surface area contributed by atoms with E-state index in [1.807, 2.05) is 31.2 Å². The van der Waals surface area contributed by atoms with Crippen molar-refractivity contribution < 1.29 is 19.1 Å². The molecule has 2 amide bonds. The molecule has 0 saturated heterocycles. The number of hydrogen-bond acceptors (Lipinski definition) is 4. The highest BCUT2D eigenvalue weighted by Gasteiger charge is 2.35. The van der Waals surface area contributed by atoms with Gasteiger partial charge in [-0.1, -0.05) is 45.7 Å². The van der Waals surface area contributed by atoms with Crippen molar-refractivity contribution in [3.63, 3.8) is 0 Å². The zero-order chi connectivity index (χ0) is 24.2. The average molecular weight is 454 g/mol. The standard InChI is InChI=1S/C26H35N3O4/c1-6-7-11-19(24(31)27-15-17-9-8-10-18(12-17)33-5)29-25(32)23-16(2)22-20(28-23)13-26(3,4)14-21(22)30/h8-10,12,19,28H,6-7,11,13-15H2,1-5H3,(H,27,31)(H,29,32). The molecule has 1 unspecified atom stereocenters. The normalized spacial score (nSPS) is 15.5. The number of amides is 2. The minimum Gasteiger partial charge on any atom is -0.497 e. The molecule has 7 nitrogen and oxygen atoms in total. The van der Waals surface area contributed by atoms with E-state index in [1.165, 1.54) is 0 Å². The Hall–Kier alpha value is -3.09. The fourth-order valence-electron chi connectivity index (χ4n) is 4.46. The molecule has 1 heterocycles. The van der Waals surface area contributed by atoms with E-state index in [4.69, 9.17) is 4.74 Å². The van der Waals surface area contributed by atoms with Gasteiger partial charge in [-0.15, -0.1) is 0 Å². The lowest BCUT2D eigenvalue weighted by Gasteiger charge is -2.28. The summed E-state index contributed by atoms with van der Waals surface area (Å²) in [4.78, 5) is 41.9. The number of carbonyl (C=O) groups excluding carboxylic acids is 3. The van der Waals surface area contributed by atoms with Crippen LogP contribution in [-0.2, 0) is 17.8 Å². The number of fused-ring (bicyclic) bond motifs is 1. The van der Waals surface area contributed by atoms with Gasteiger partial charge in [0.1, 0.15) is 17.5 Å². The summed E-state index contributed by atoms with van der Waals surface area (Å²) in [6.07, 6.45) is 3.44. The highest BCUT2D eigenvalue weighted by Crippen LogP contribution is 2.36. The molecule has 0 spiro atoms. The summed E-state index contributed by atoms with van der Waals surface area (Å²) in [5.41, 5.74) is 3.25. The van der Waals surface area contributed by atoms with Gasteiger partial charge < -0.3 is 20.4 Å². The van der Waals surface area contributed by atoms with Gasteiger partial charge in [-0.05, 0) is 48.4 Å². The third-order valence-electron chi connectivity index (χ3n) is 6.20. The van der Waals surface area contributed by atoms with E-state index >= 15 is 0 Å². The molecule has 1 aromatic heterocycles. The smallest absolute Gasteiger partial charge is 0.268 e. The molecule has 1 aliphatic rings. The van der Waals surface area contributed by atoms with Gasteiger partial charge in [-0.25, -0.2) is 0 Å². The third kappa shape index (κ3) is 5.83. The molecule has 0 saturated carbocycles. The van der Waals surface area contributed by atoms with E-state index in [0.29, 0.717) is 42.6 Å². The summed E-state index contributed by atoms with van der Waals surface area (Å²) in [5, 5.41) is 5.82. The van der Waals surface area contributed by atoms with Crippen LogP contribution in [0.1, 0.15) is 84.1 Å². The van der Waals surface area contributed by atoms with Crippen molar-refractivity contribution in [1.29, 1.82) is 0 Å². The zero-order valence-electron chi connectivity index (χ0n) is 20.3. The van der Waals surface area contributed by atoms with Crippen LogP contribution >= 0.6 is 0 Å². The van der Waals surface area contributed by atoms with Crippen LogP contribution in [-0.4, -0.2) is 35.7 Å². The Bertz CT molecular complexity index is 1040. The molecule has 1 aliphatic carbocycles. The Morgan fingerprint density at radius 1 is 1.24 bits per heavy atom. The summed E-state index contributed by atoms with van der Waals surface area (Å²) in [5.74, 6) is 0.199. The molecule has 178 valence electrons. The predicted octanol–water partition coefficient (Wildman–Crippen LogP) is 4.09. The van der Waals surface area contributed by atoms with E-state index in [2.05, 4.69) is 29.5 Å². The Labute approximate surface area is 195 Å². The van der Waals surface area contributed by atoms with Gasteiger partial charge in [0.05, 0.1) is 7.11 Å². The second-order valence-corrected chi connectivity index (χ2v) is 9.66. The van der Waals surface area contributed by atoms with Crippen LogP contribution in [0.2, 0.25) is 0 Å². The molecular weight excluding hydrogens is 418 g/mol. The SMILES string of the molecule is CCCCC(NC(=O)c1[nH]c2c(c1C)C(=O)CC(C)(C)C2)C(=O)NCc1cccc(OC)c1. The summed E-state index contributed by atoms with van der Waals surface area (Å²) in [7, 11) is 1.60. The maximum absolute atomic E-state index is 13.1. The minimum absolute atomic E-state index is 0.0626. The van der Waals surface area contributed by atoms with Crippen molar-refractivity contribution in [3.05, 3.63) is 52.3 Å². The Morgan fingerprint density at radius 2 is 2.00 bits per heavy atom. The van der Waals surface area contributed by atoms with Gasteiger partial charge in [0.2, 0.25) is 5.91 Å². The van der Waals surface area contributed by atoms with Crippen LogP contribution in [0.3, 0.4) is 0 Å².